The molecule has 0 N–H and O–H groups in total. The number of aromatic nitrogens is 2. The first-order valence-electron chi connectivity index (χ1n) is 12.9. The Kier molecular flexibility index (Phi) is 11.7. The topological polar surface area (TPSA) is 53.5 Å². The fraction of sp³-hybridized carbons (Fsp3) is 0.615. The predicted molar refractivity (Wildman–Crippen MR) is 128 cm³/mol. The second kappa shape index (κ2) is 13.9. The molecular weight excluding hydrogens is 616 g/mol. The summed E-state index contributed by atoms with van der Waals surface area (Å²) in [5, 5.41) is 0. The maximum atomic E-state index is 14.2. The van der Waals surface area contributed by atoms with Gasteiger partial charge in [0.25, 0.3) is 0 Å². The lowest BCUT2D eigenvalue weighted by molar-refractivity contribution is -0.470. The van der Waals surface area contributed by atoms with Crippen molar-refractivity contribution in [2.45, 2.75) is 81.9 Å². The molecule has 0 aliphatic rings. The molecule has 0 saturated carbocycles. The second-order valence-electron chi connectivity index (χ2n) is 9.29. The summed E-state index contributed by atoms with van der Waals surface area (Å²) in [6.45, 7) is 1.14. The highest BCUT2D eigenvalue weighted by atomic mass is 19.4. The quantitative estimate of drug-likeness (QED) is 0.121. The smallest absolute Gasteiger partial charge is 0.428 e. The molecule has 0 saturated heterocycles. The van der Waals surface area contributed by atoms with E-state index in [1.165, 1.54) is 12.4 Å². The molecule has 2 aromatic rings. The molecule has 0 amide bonds. The van der Waals surface area contributed by atoms with Crippen LogP contribution in [0.4, 0.5) is 52.7 Å². The van der Waals surface area contributed by atoms with Gasteiger partial charge in [-0.25, -0.2) is 9.97 Å². The van der Waals surface area contributed by atoms with Gasteiger partial charge < -0.3 is 14.2 Å². The summed E-state index contributed by atoms with van der Waals surface area (Å²) < 4.78 is 180. The van der Waals surface area contributed by atoms with Gasteiger partial charge in [-0.1, -0.05) is 26.7 Å². The number of halogens is 12. The van der Waals surface area contributed by atoms with E-state index in [4.69, 9.17) is 0 Å². The predicted octanol–water partition coefficient (Wildman–Crippen LogP) is 8.43. The number of benzene rings is 1. The molecule has 0 fully saturated rings. The molecule has 0 unspecified atom stereocenters. The first-order chi connectivity index (χ1) is 19.8. The average molecular weight is 644 g/mol. The summed E-state index contributed by atoms with van der Waals surface area (Å²) in [7, 11) is 0. The average Bonchev–Trinajstić information content (AvgIpc) is 2.93. The molecule has 0 atom stereocenters. The van der Waals surface area contributed by atoms with Gasteiger partial charge in [-0.15, -0.1) is 0 Å². The van der Waals surface area contributed by atoms with E-state index in [9.17, 15) is 52.7 Å². The van der Waals surface area contributed by atoms with Crippen molar-refractivity contribution in [1.29, 1.82) is 0 Å². The Bertz CT molecular complexity index is 1150. The number of nitrogens with zero attached hydrogens (tertiary/aromatic N) is 2. The van der Waals surface area contributed by atoms with Crippen molar-refractivity contribution in [3.05, 3.63) is 42.2 Å². The summed E-state index contributed by atoms with van der Waals surface area (Å²) in [6, 6.07) is 2.91. The lowest BCUT2D eigenvalue weighted by Gasteiger charge is -2.40. The summed E-state index contributed by atoms with van der Waals surface area (Å²) in [5.41, 5.74) is 0.885. The van der Waals surface area contributed by atoms with Crippen LogP contribution in [0.2, 0.25) is 0 Å². The van der Waals surface area contributed by atoms with Crippen LogP contribution in [-0.4, -0.2) is 65.7 Å². The zero-order valence-corrected chi connectivity index (χ0v) is 22.8. The Morgan fingerprint density at radius 3 is 1.63 bits per heavy atom. The van der Waals surface area contributed by atoms with E-state index in [0.717, 1.165) is 30.5 Å². The van der Waals surface area contributed by atoms with Crippen LogP contribution < -0.4 is 4.74 Å². The normalized spacial score (nSPS) is 13.8. The van der Waals surface area contributed by atoms with Gasteiger partial charge >= 0.3 is 35.9 Å². The molecule has 17 heteroatoms. The molecule has 0 aliphatic carbocycles. The van der Waals surface area contributed by atoms with E-state index >= 15 is 0 Å². The van der Waals surface area contributed by atoms with E-state index < -0.39 is 54.9 Å². The third kappa shape index (κ3) is 7.64. The van der Waals surface area contributed by atoms with E-state index in [1.807, 2.05) is 6.92 Å². The van der Waals surface area contributed by atoms with Gasteiger partial charge in [-0.2, -0.15) is 52.7 Å². The van der Waals surface area contributed by atoms with Crippen molar-refractivity contribution < 1.29 is 66.9 Å². The Morgan fingerprint density at radius 2 is 1.12 bits per heavy atom. The highest BCUT2D eigenvalue weighted by Crippen LogP contribution is 2.60. The van der Waals surface area contributed by atoms with Gasteiger partial charge in [-0.3, -0.25) is 0 Å². The molecular formula is C26H28F12N2O3. The number of rotatable bonds is 18. The molecule has 0 aliphatic heterocycles. The molecule has 0 radical (unpaired) electrons. The molecule has 1 heterocycles. The number of aryl methyl sites for hydroxylation is 1. The van der Waals surface area contributed by atoms with Crippen LogP contribution >= 0.6 is 0 Å². The minimum Gasteiger partial charge on any atom is -0.428 e. The highest BCUT2D eigenvalue weighted by Gasteiger charge is 2.91. The zero-order valence-electron chi connectivity index (χ0n) is 22.8. The van der Waals surface area contributed by atoms with Crippen LogP contribution in [0, 0.1) is 0 Å². The van der Waals surface area contributed by atoms with Gasteiger partial charge in [0, 0.05) is 24.6 Å². The van der Waals surface area contributed by atoms with Crippen LogP contribution in [0.5, 0.6) is 5.75 Å². The molecule has 1 aromatic heterocycles. The minimum absolute atomic E-state index is 0.0352. The molecule has 1 aromatic carbocycles. The van der Waals surface area contributed by atoms with E-state index in [2.05, 4.69) is 24.2 Å². The molecule has 5 nitrogen and oxygen atoms in total. The van der Waals surface area contributed by atoms with Crippen molar-refractivity contribution in [2.24, 2.45) is 0 Å². The first-order valence-corrected chi connectivity index (χ1v) is 12.9. The SMILES string of the molecule is CCCCOCCOC(F)(F)C(F)(F)C(F)(F)C(F)(F)C(F)(F)C(F)(F)Oc1ccc(-c2ncc(CCCC)cn2)cc1. The Labute approximate surface area is 238 Å². The fourth-order valence-electron chi connectivity index (χ4n) is 3.33. The maximum Gasteiger partial charge on any atom is 0.471 e. The number of alkyl halides is 12. The largest absolute Gasteiger partial charge is 0.471 e. The van der Waals surface area contributed by atoms with Crippen molar-refractivity contribution in [1.82, 2.24) is 9.97 Å². The van der Waals surface area contributed by atoms with Gasteiger partial charge in [0.1, 0.15) is 5.75 Å². The number of hydrogen-bond acceptors (Lipinski definition) is 5. The van der Waals surface area contributed by atoms with E-state index in [0.29, 0.717) is 31.4 Å². The fourth-order valence-corrected chi connectivity index (χ4v) is 3.33. The number of hydrogen-bond donors (Lipinski definition) is 0. The summed E-state index contributed by atoms with van der Waals surface area (Å²) in [5.74, 6) is -31.7. The monoisotopic (exact) mass is 644 g/mol. The van der Waals surface area contributed by atoms with Gasteiger partial charge in [-0.05, 0) is 49.1 Å². The minimum atomic E-state index is -7.80. The molecule has 0 spiro atoms. The van der Waals surface area contributed by atoms with E-state index in [-0.39, 0.29) is 18.0 Å². The van der Waals surface area contributed by atoms with Crippen molar-refractivity contribution >= 4 is 0 Å². The zero-order chi connectivity index (χ0) is 32.7. The highest BCUT2D eigenvalue weighted by molar-refractivity contribution is 5.56. The first kappa shape index (κ1) is 36.4. The van der Waals surface area contributed by atoms with Crippen LogP contribution in [0.3, 0.4) is 0 Å². The van der Waals surface area contributed by atoms with E-state index in [1.54, 1.807) is 6.92 Å². The summed E-state index contributed by atoms with van der Waals surface area (Å²) in [6.07, 6.45) is -6.83. The number of ether oxygens (including phenoxy) is 3. The Hall–Kier alpha value is -2.82. The van der Waals surface area contributed by atoms with Crippen LogP contribution in [0.15, 0.2) is 36.7 Å². The third-order valence-electron chi connectivity index (χ3n) is 5.95. The van der Waals surface area contributed by atoms with Crippen LogP contribution in [0.1, 0.15) is 45.1 Å². The summed E-state index contributed by atoms with van der Waals surface area (Å²) >= 11 is 0. The Morgan fingerprint density at radius 1 is 0.605 bits per heavy atom. The second-order valence-corrected chi connectivity index (χ2v) is 9.29. The van der Waals surface area contributed by atoms with Crippen molar-refractivity contribution in [3.8, 4) is 17.1 Å². The molecule has 2 rings (SSSR count). The maximum absolute atomic E-state index is 14.2. The third-order valence-corrected chi connectivity index (χ3v) is 5.95. The van der Waals surface area contributed by atoms with Crippen molar-refractivity contribution in [2.75, 3.05) is 19.8 Å². The lowest BCUT2D eigenvalue weighted by atomic mass is 9.97. The lowest BCUT2D eigenvalue weighted by Crippen LogP contribution is -2.71. The number of unbranched alkanes of at least 4 members (excludes halogenated alkanes) is 2. The standard InChI is InChI=1S/C26H28F12N2O3/c1-3-5-7-17-15-39-20(40-16-17)18-8-10-19(11-9-18)43-26(37,38)24(33,34)22(29,30)21(27,28)23(31,32)25(35,36)42-14-13-41-12-6-4-2/h8-11,15-16H,3-7,12-14H2,1-2H3. The Balaban J connectivity index is 2.22. The molecule has 244 valence electrons. The van der Waals surface area contributed by atoms with Crippen LogP contribution in [0.25, 0.3) is 11.4 Å². The van der Waals surface area contributed by atoms with Crippen molar-refractivity contribution in [3.63, 3.8) is 0 Å². The molecule has 43 heavy (non-hydrogen) atoms. The van der Waals surface area contributed by atoms with Crippen LogP contribution in [-0.2, 0) is 15.9 Å². The van der Waals surface area contributed by atoms with Gasteiger partial charge in [0.2, 0.25) is 0 Å². The molecule has 0 bridgehead atoms. The summed E-state index contributed by atoms with van der Waals surface area (Å²) in [4.78, 5) is 8.06. The van der Waals surface area contributed by atoms with Gasteiger partial charge in [0.15, 0.2) is 5.82 Å². The van der Waals surface area contributed by atoms with Gasteiger partial charge in [0.05, 0.1) is 13.2 Å².